The Bertz CT molecular complexity index is 454. The van der Waals surface area contributed by atoms with Crippen LogP contribution in [0.1, 0.15) is 25.0 Å². The summed E-state index contributed by atoms with van der Waals surface area (Å²) in [4.78, 5) is 13.5. The lowest BCUT2D eigenvalue weighted by Crippen LogP contribution is -2.22. The van der Waals surface area contributed by atoms with E-state index in [-0.39, 0.29) is 11.8 Å². The zero-order chi connectivity index (χ0) is 13.3. The van der Waals surface area contributed by atoms with Crippen molar-refractivity contribution >= 4 is 11.7 Å². The fourth-order valence-electron chi connectivity index (χ4n) is 2.61. The second kappa shape index (κ2) is 5.01. The molecule has 1 unspecified atom stereocenters. The molecule has 0 saturated heterocycles. The first-order valence-corrected chi connectivity index (χ1v) is 6.54. The molecule has 1 aliphatic heterocycles. The van der Waals surface area contributed by atoms with E-state index in [1.54, 1.807) is 0 Å². The van der Waals surface area contributed by atoms with Crippen LogP contribution in [0.15, 0.2) is 18.2 Å². The third-order valence-corrected chi connectivity index (χ3v) is 3.85. The molecule has 1 atom stereocenters. The van der Waals surface area contributed by atoms with Gasteiger partial charge in [0.25, 0.3) is 0 Å². The van der Waals surface area contributed by atoms with Crippen LogP contribution in [0.2, 0.25) is 0 Å². The minimum atomic E-state index is -0.692. The van der Waals surface area contributed by atoms with Gasteiger partial charge in [0.05, 0.1) is 5.92 Å². The number of anilines is 1. The van der Waals surface area contributed by atoms with Crippen molar-refractivity contribution in [1.82, 2.24) is 0 Å². The Morgan fingerprint density at radius 3 is 2.78 bits per heavy atom. The van der Waals surface area contributed by atoms with Crippen LogP contribution in [0.25, 0.3) is 0 Å². The van der Waals surface area contributed by atoms with E-state index in [1.165, 1.54) is 11.3 Å². The average Bonchev–Trinajstić information content (AvgIpc) is 2.67. The molecule has 0 saturated carbocycles. The standard InChI is InChI=1S/C15H21NO2/c1-10(2)13(15(17)18)9-11-4-5-14-12(8-11)6-7-16(14)3/h4-5,8,10,13H,6-7,9H2,1-3H3,(H,17,18). The molecule has 1 aliphatic rings. The summed E-state index contributed by atoms with van der Waals surface area (Å²) in [6.45, 7) is 5.01. The minimum Gasteiger partial charge on any atom is -0.481 e. The molecule has 18 heavy (non-hydrogen) atoms. The summed E-state index contributed by atoms with van der Waals surface area (Å²) in [6.07, 6.45) is 1.70. The van der Waals surface area contributed by atoms with Gasteiger partial charge in [-0.05, 0) is 36.0 Å². The van der Waals surface area contributed by atoms with Gasteiger partial charge in [-0.3, -0.25) is 4.79 Å². The Morgan fingerprint density at radius 2 is 2.17 bits per heavy atom. The zero-order valence-electron chi connectivity index (χ0n) is 11.3. The highest BCUT2D eigenvalue weighted by atomic mass is 16.4. The van der Waals surface area contributed by atoms with Crippen LogP contribution in [0.4, 0.5) is 5.69 Å². The zero-order valence-corrected chi connectivity index (χ0v) is 11.3. The highest BCUT2D eigenvalue weighted by Crippen LogP contribution is 2.29. The highest BCUT2D eigenvalue weighted by molar-refractivity contribution is 5.71. The molecule has 98 valence electrons. The van der Waals surface area contributed by atoms with Gasteiger partial charge in [-0.15, -0.1) is 0 Å². The third-order valence-electron chi connectivity index (χ3n) is 3.85. The molecule has 1 N–H and O–H groups in total. The molecule has 0 fully saturated rings. The normalized spacial score (nSPS) is 15.9. The minimum absolute atomic E-state index is 0.165. The maximum atomic E-state index is 11.2. The maximum Gasteiger partial charge on any atom is 0.307 e. The number of rotatable bonds is 4. The van der Waals surface area contributed by atoms with E-state index in [1.807, 2.05) is 13.8 Å². The molecule has 1 aromatic rings. The van der Waals surface area contributed by atoms with E-state index in [0.29, 0.717) is 6.42 Å². The summed E-state index contributed by atoms with van der Waals surface area (Å²) in [7, 11) is 2.10. The lowest BCUT2D eigenvalue weighted by Gasteiger charge is -2.17. The second-order valence-corrected chi connectivity index (χ2v) is 5.53. The van der Waals surface area contributed by atoms with Crippen molar-refractivity contribution < 1.29 is 9.90 Å². The summed E-state index contributed by atoms with van der Waals surface area (Å²) < 4.78 is 0. The number of hydrogen-bond acceptors (Lipinski definition) is 2. The first-order chi connectivity index (χ1) is 8.49. The lowest BCUT2D eigenvalue weighted by molar-refractivity contribution is -0.143. The van der Waals surface area contributed by atoms with E-state index < -0.39 is 5.97 Å². The Morgan fingerprint density at radius 1 is 1.44 bits per heavy atom. The predicted molar refractivity (Wildman–Crippen MR) is 73.1 cm³/mol. The van der Waals surface area contributed by atoms with Gasteiger partial charge < -0.3 is 10.0 Å². The number of fused-ring (bicyclic) bond motifs is 1. The van der Waals surface area contributed by atoms with E-state index in [0.717, 1.165) is 18.5 Å². The molecule has 1 aromatic carbocycles. The molecule has 0 aliphatic carbocycles. The Kier molecular flexibility index (Phi) is 3.60. The van der Waals surface area contributed by atoms with Crippen LogP contribution in [-0.2, 0) is 17.6 Å². The van der Waals surface area contributed by atoms with Crippen molar-refractivity contribution in [2.24, 2.45) is 11.8 Å². The van der Waals surface area contributed by atoms with E-state index >= 15 is 0 Å². The van der Waals surface area contributed by atoms with Crippen molar-refractivity contribution in [2.75, 3.05) is 18.5 Å². The predicted octanol–water partition coefficient (Wildman–Crippen LogP) is 2.58. The van der Waals surface area contributed by atoms with Crippen LogP contribution >= 0.6 is 0 Å². The first-order valence-electron chi connectivity index (χ1n) is 6.54. The van der Waals surface area contributed by atoms with Crippen molar-refractivity contribution in [3.63, 3.8) is 0 Å². The topological polar surface area (TPSA) is 40.5 Å². The monoisotopic (exact) mass is 247 g/mol. The van der Waals surface area contributed by atoms with Gasteiger partial charge >= 0.3 is 5.97 Å². The van der Waals surface area contributed by atoms with Crippen molar-refractivity contribution in [3.8, 4) is 0 Å². The van der Waals surface area contributed by atoms with Crippen LogP contribution in [0.5, 0.6) is 0 Å². The van der Waals surface area contributed by atoms with Gasteiger partial charge in [-0.25, -0.2) is 0 Å². The molecule has 0 radical (unpaired) electrons. The number of carbonyl (C=O) groups is 1. The van der Waals surface area contributed by atoms with Gasteiger partial charge in [0.2, 0.25) is 0 Å². The molecular weight excluding hydrogens is 226 g/mol. The van der Waals surface area contributed by atoms with Crippen LogP contribution in [-0.4, -0.2) is 24.7 Å². The van der Waals surface area contributed by atoms with E-state index in [9.17, 15) is 9.90 Å². The van der Waals surface area contributed by atoms with E-state index in [4.69, 9.17) is 0 Å². The number of benzene rings is 1. The molecule has 0 bridgehead atoms. The second-order valence-electron chi connectivity index (χ2n) is 5.53. The summed E-state index contributed by atoms with van der Waals surface area (Å²) in [5.74, 6) is -0.816. The fourth-order valence-corrected chi connectivity index (χ4v) is 2.61. The molecule has 3 heteroatoms. The molecule has 3 nitrogen and oxygen atoms in total. The molecule has 2 rings (SSSR count). The van der Waals surface area contributed by atoms with Crippen LogP contribution in [0, 0.1) is 11.8 Å². The number of carboxylic acids is 1. The third kappa shape index (κ3) is 2.50. The number of carboxylic acid groups (broad SMARTS) is 1. The summed E-state index contributed by atoms with van der Waals surface area (Å²) >= 11 is 0. The Hall–Kier alpha value is -1.51. The number of hydrogen-bond donors (Lipinski definition) is 1. The van der Waals surface area contributed by atoms with Crippen molar-refractivity contribution in [2.45, 2.75) is 26.7 Å². The molecular formula is C15H21NO2. The SMILES string of the molecule is CC(C)C(Cc1ccc2c(c1)CCN2C)C(=O)O. The lowest BCUT2D eigenvalue weighted by atomic mass is 9.89. The summed E-state index contributed by atoms with van der Waals surface area (Å²) in [5, 5.41) is 9.23. The van der Waals surface area contributed by atoms with Gasteiger partial charge in [0.15, 0.2) is 0 Å². The smallest absolute Gasteiger partial charge is 0.307 e. The fraction of sp³-hybridized carbons (Fsp3) is 0.533. The Labute approximate surface area is 108 Å². The van der Waals surface area contributed by atoms with Crippen molar-refractivity contribution in [3.05, 3.63) is 29.3 Å². The molecule has 0 spiro atoms. The maximum absolute atomic E-state index is 11.2. The average molecular weight is 247 g/mol. The van der Waals surface area contributed by atoms with Gasteiger partial charge in [0, 0.05) is 19.3 Å². The van der Waals surface area contributed by atoms with Gasteiger partial charge in [-0.1, -0.05) is 26.0 Å². The molecule has 0 amide bonds. The largest absolute Gasteiger partial charge is 0.481 e. The summed E-state index contributed by atoms with van der Waals surface area (Å²) in [6, 6.07) is 6.37. The first kappa shape index (κ1) is 12.9. The molecule has 0 aromatic heterocycles. The highest BCUT2D eigenvalue weighted by Gasteiger charge is 2.23. The number of likely N-dealkylation sites (N-methyl/N-ethyl adjacent to an activating group) is 1. The molecule has 1 heterocycles. The summed E-state index contributed by atoms with van der Waals surface area (Å²) in [5.41, 5.74) is 3.78. The van der Waals surface area contributed by atoms with E-state index in [2.05, 4.69) is 30.1 Å². The number of aliphatic carboxylic acids is 1. The van der Waals surface area contributed by atoms with Gasteiger partial charge in [-0.2, -0.15) is 0 Å². The van der Waals surface area contributed by atoms with Crippen molar-refractivity contribution in [1.29, 1.82) is 0 Å². The number of nitrogens with zero attached hydrogens (tertiary/aromatic N) is 1. The van der Waals surface area contributed by atoms with Gasteiger partial charge in [0.1, 0.15) is 0 Å². The van der Waals surface area contributed by atoms with Crippen LogP contribution in [0.3, 0.4) is 0 Å². The Balaban J connectivity index is 2.18. The van der Waals surface area contributed by atoms with Crippen LogP contribution < -0.4 is 4.90 Å². The quantitative estimate of drug-likeness (QED) is 0.889.